The molecule has 19 heavy (non-hydrogen) atoms. The Bertz CT molecular complexity index is 435. The number of rotatable bonds is 4. The third-order valence-corrected chi connectivity index (χ3v) is 4.07. The van der Waals surface area contributed by atoms with Crippen molar-refractivity contribution < 1.29 is 5.11 Å². The Kier molecular flexibility index (Phi) is 3.55. The van der Waals surface area contributed by atoms with Crippen molar-refractivity contribution in [3.63, 3.8) is 0 Å². The lowest BCUT2D eigenvalue weighted by molar-refractivity contribution is 0.0739. The number of aliphatic hydroxyl groups is 1. The van der Waals surface area contributed by atoms with Gasteiger partial charge in [-0.3, -0.25) is 0 Å². The SMILES string of the molecule is C[C@@H]1CC[C@@H](Nc2ccnc(NC3CC3)n2)C[C@H]1O. The lowest BCUT2D eigenvalue weighted by Crippen LogP contribution is -2.35. The molecule has 104 valence electrons. The van der Waals surface area contributed by atoms with Crippen LogP contribution in [0.3, 0.4) is 0 Å². The summed E-state index contributed by atoms with van der Waals surface area (Å²) in [5.74, 6) is 1.97. The summed E-state index contributed by atoms with van der Waals surface area (Å²) in [5.41, 5.74) is 0. The zero-order valence-electron chi connectivity index (χ0n) is 11.3. The van der Waals surface area contributed by atoms with Gasteiger partial charge in [0.1, 0.15) is 5.82 Å². The van der Waals surface area contributed by atoms with Crippen molar-refractivity contribution >= 4 is 11.8 Å². The van der Waals surface area contributed by atoms with E-state index < -0.39 is 0 Å². The number of nitrogens with one attached hydrogen (secondary N) is 2. The highest BCUT2D eigenvalue weighted by molar-refractivity contribution is 5.41. The van der Waals surface area contributed by atoms with Crippen LogP contribution in [-0.4, -0.2) is 33.3 Å². The second-order valence-corrected chi connectivity index (χ2v) is 5.88. The number of aromatic nitrogens is 2. The van der Waals surface area contributed by atoms with Gasteiger partial charge in [0.25, 0.3) is 0 Å². The summed E-state index contributed by atoms with van der Waals surface area (Å²) < 4.78 is 0. The van der Waals surface area contributed by atoms with Gasteiger partial charge in [0.2, 0.25) is 5.95 Å². The molecule has 2 saturated carbocycles. The Morgan fingerprint density at radius 1 is 1.16 bits per heavy atom. The van der Waals surface area contributed by atoms with E-state index >= 15 is 0 Å². The van der Waals surface area contributed by atoms with E-state index in [2.05, 4.69) is 27.5 Å². The van der Waals surface area contributed by atoms with Gasteiger partial charge in [0.05, 0.1) is 6.10 Å². The molecule has 5 heteroatoms. The molecule has 5 nitrogen and oxygen atoms in total. The molecule has 3 rings (SSSR count). The fraction of sp³-hybridized carbons (Fsp3) is 0.714. The average Bonchev–Trinajstić information content (AvgIpc) is 3.18. The minimum Gasteiger partial charge on any atom is -0.393 e. The van der Waals surface area contributed by atoms with Gasteiger partial charge in [-0.05, 0) is 44.1 Å². The van der Waals surface area contributed by atoms with Gasteiger partial charge >= 0.3 is 0 Å². The van der Waals surface area contributed by atoms with E-state index in [4.69, 9.17) is 0 Å². The van der Waals surface area contributed by atoms with Crippen LogP contribution in [0.15, 0.2) is 12.3 Å². The van der Waals surface area contributed by atoms with E-state index in [0.717, 1.165) is 25.1 Å². The van der Waals surface area contributed by atoms with E-state index in [-0.39, 0.29) is 6.10 Å². The third kappa shape index (κ3) is 3.35. The molecule has 3 N–H and O–H groups in total. The van der Waals surface area contributed by atoms with E-state index in [1.165, 1.54) is 12.8 Å². The van der Waals surface area contributed by atoms with E-state index in [9.17, 15) is 5.11 Å². The van der Waals surface area contributed by atoms with E-state index in [0.29, 0.717) is 23.9 Å². The predicted molar refractivity (Wildman–Crippen MR) is 75.1 cm³/mol. The normalized spacial score (nSPS) is 30.9. The number of nitrogens with zero attached hydrogens (tertiary/aromatic N) is 2. The van der Waals surface area contributed by atoms with Crippen LogP contribution in [0.1, 0.15) is 39.0 Å². The first-order chi connectivity index (χ1) is 9.20. The minimum absolute atomic E-state index is 0.197. The molecule has 1 aromatic heterocycles. The summed E-state index contributed by atoms with van der Waals surface area (Å²) in [4.78, 5) is 8.70. The van der Waals surface area contributed by atoms with Crippen LogP contribution in [0.5, 0.6) is 0 Å². The molecule has 0 radical (unpaired) electrons. The van der Waals surface area contributed by atoms with Crippen molar-refractivity contribution in [2.45, 2.75) is 57.2 Å². The zero-order chi connectivity index (χ0) is 13.2. The molecular formula is C14H22N4O. The molecule has 2 fully saturated rings. The van der Waals surface area contributed by atoms with Crippen molar-refractivity contribution in [2.75, 3.05) is 10.6 Å². The Labute approximate surface area is 113 Å². The molecule has 0 spiro atoms. The van der Waals surface area contributed by atoms with Gasteiger partial charge in [-0.1, -0.05) is 6.92 Å². The fourth-order valence-electron chi connectivity index (χ4n) is 2.56. The van der Waals surface area contributed by atoms with Gasteiger partial charge in [-0.2, -0.15) is 4.98 Å². The Morgan fingerprint density at radius 2 is 1.95 bits per heavy atom. The topological polar surface area (TPSA) is 70.1 Å². The maximum Gasteiger partial charge on any atom is 0.224 e. The highest BCUT2D eigenvalue weighted by Crippen LogP contribution is 2.27. The fourth-order valence-corrected chi connectivity index (χ4v) is 2.56. The number of hydrogen-bond donors (Lipinski definition) is 3. The molecule has 2 aliphatic carbocycles. The predicted octanol–water partition coefficient (Wildman–Crippen LogP) is 2.01. The molecule has 1 aromatic rings. The highest BCUT2D eigenvalue weighted by Gasteiger charge is 2.26. The van der Waals surface area contributed by atoms with Crippen LogP contribution < -0.4 is 10.6 Å². The lowest BCUT2D eigenvalue weighted by Gasteiger charge is -2.31. The second-order valence-electron chi connectivity index (χ2n) is 5.88. The van der Waals surface area contributed by atoms with Gasteiger partial charge in [0, 0.05) is 18.3 Å². The van der Waals surface area contributed by atoms with Crippen molar-refractivity contribution in [1.82, 2.24) is 9.97 Å². The summed E-state index contributed by atoms with van der Waals surface area (Å²) in [6, 6.07) is 2.77. The van der Waals surface area contributed by atoms with Crippen molar-refractivity contribution in [1.29, 1.82) is 0 Å². The Balaban J connectivity index is 1.59. The molecule has 0 aliphatic heterocycles. The monoisotopic (exact) mass is 262 g/mol. The molecule has 0 bridgehead atoms. The summed E-state index contributed by atoms with van der Waals surface area (Å²) in [6.07, 6.45) is 6.97. The Morgan fingerprint density at radius 3 is 2.68 bits per heavy atom. The molecule has 3 atom stereocenters. The van der Waals surface area contributed by atoms with Crippen LogP contribution in [0, 0.1) is 5.92 Å². The minimum atomic E-state index is -0.197. The quantitative estimate of drug-likeness (QED) is 0.774. The highest BCUT2D eigenvalue weighted by atomic mass is 16.3. The second kappa shape index (κ2) is 5.33. The number of anilines is 2. The largest absolute Gasteiger partial charge is 0.393 e. The van der Waals surface area contributed by atoms with Crippen LogP contribution in [0.2, 0.25) is 0 Å². The van der Waals surface area contributed by atoms with E-state index in [1.54, 1.807) is 6.20 Å². The van der Waals surface area contributed by atoms with Gasteiger partial charge in [0.15, 0.2) is 0 Å². The number of hydrogen-bond acceptors (Lipinski definition) is 5. The molecule has 0 unspecified atom stereocenters. The first-order valence-electron chi connectivity index (χ1n) is 7.25. The van der Waals surface area contributed by atoms with Crippen LogP contribution in [0.4, 0.5) is 11.8 Å². The first-order valence-corrected chi connectivity index (χ1v) is 7.25. The van der Waals surface area contributed by atoms with Crippen LogP contribution in [0.25, 0.3) is 0 Å². The third-order valence-electron chi connectivity index (χ3n) is 4.07. The van der Waals surface area contributed by atoms with E-state index in [1.807, 2.05) is 6.07 Å². The maximum atomic E-state index is 9.92. The lowest BCUT2D eigenvalue weighted by atomic mass is 9.85. The van der Waals surface area contributed by atoms with Crippen LogP contribution in [-0.2, 0) is 0 Å². The number of aliphatic hydroxyl groups excluding tert-OH is 1. The molecule has 0 saturated heterocycles. The molecule has 0 amide bonds. The Hall–Kier alpha value is -1.36. The molecule has 2 aliphatic rings. The average molecular weight is 262 g/mol. The zero-order valence-corrected chi connectivity index (χ0v) is 11.3. The summed E-state index contributed by atoms with van der Waals surface area (Å²) in [6.45, 7) is 2.11. The molecule has 1 heterocycles. The van der Waals surface area contributed by atoms with Gasteiger partial charge in [-0.15, -0.1) is 0 Å². The standard InChI is InChI=1S/C14H22N4O/c1-9-2-3-11(8-12(9)19)16-13-6-7-15-14(18-13)17-10-4-5-10/h6-7,9-12,19H,2-5,8H2,1H3,(H2,15,16,17,18)/t9-,11-,12-/m1/s1. The van der Waals surface area contributed by atoms with Gasteiger partial charge < -0.3 is 15.7 Å². The van der Waals surface area contributed by atoms with Crippen molar-refractivity contribution in [3.05, 3.63) is 12.3 Å². The first kappa shape index (κ1) is 12.7. The summed E-state index contributed by atoms with van der Waals surface area (Å²) >= 11 is 0. The molecule has 0 aromatic carbocycles. The van der Waals surface area contributed by atoms with Crippen molar-refractivity contribution in [3.8, 4) is 0 Å². The van der Waals surface area contributed by atoms with Crippen LogP contribution >= 0.6 is 0 Å². The van der Waals surface area contributed by atoms with Gasteiger partial charge in [-0.25, -0.2) is 4.98 Å². The maximum absolute atomic E-state index is 9.92. The summed E-state index contributed by atoms with van der Waals surface area (Å²) in [7, 11) is 0. The smallest absolute Gasteiger partial charge is 0.224 e. The summed E-state index contributed by atoms with van der Waals surface area (Å²) in [5, 5.41) is 16.6. The molecular weight excluding hydrogens is 240 g/mol. The van der Waals surface area contributed by atoms with Crippen molar-refractivity contribution in [2.24, 2.45) is 5.92 Å².